The van der Waals surface area contributed by atoms with E-state index in [0.717, 1.165) is 31.1 Å². The van der Waals surface area contributed by atoms with Crippen LogP contribution >= 0.6 is 15.9 Å². The highest BCUT2D eigenvalue weighted by Gasteiger charge is 2.19. The van der Waals surface area contributed by atoms with Crippen molar-refractivity contribution in [3.8, 4) is 0 Å². The third-order valence-electron chi connectivity index (χ3n) is 3.20. The van der Waals surface area contributed by atoms with Crippen molar-refractivity contribution < 1.29 is 4.79 Å². The lowest BCUT2D eigenvalue weighted by Crippen LogP contribution is -2.32. The number of unbranched alkanes of at least 4 members (excludes halogenated alkanes) is 1. The van der Waals surface area contributed by atoms with Gasteiger partial charge in [-0.05, 0) is 30.4 Å². The summed E-state index contributed by atoms with van der Waals surface area (Å²) >= 11 is 3.39. The summed E-state index contributed by atoms with van der Waals surface area (Å²) in [4.78, 5) is 12.0. The van der Waals surface area contributed by atoms with Crippen molar-refractivity contribution in [2.24, 2.45) is 5.92 Å². The van der Waals surface area contributed by atoms with Gasteiger partial charge in [-0.15, -0.1) is 0 Å². The van der Waals surface area contributed by atoms with Crippen LogP contribution in [0.4, 0.5) is 0 Å². The molecule has 1 aliphatic rings. The summed E-state index contributed by atoms with van der Waals surface area (Å²) < 4.78 is 0. The topological polar surface area (TPSA) is 29.1 Å². The van der Waals surface area contributed by atoms with Gasteiger partial charge in [-0.1, -0.05) is 52.3 Å². The molecule has 96 valence electrons. The smallest absolute Gasteiger partial charge is 0.227 e. The van der Waals surface area contributed by atoms with Crippen LogP contribution in [0.2, 0.25) is 0 Å². The summed E-state index contributed by atoms with van der Waals surface area (Å²) in [6.45, 7) is 0.774. The molecule has 0 saturated heterocycles. The molecule has 1 amide bonds. The zero-order chi connectivity index (χ0) is 12.8. The van der Waals surface area contributed by atoms with Crippen LogP contribution in [-0.4, -0.2) is 17.8 Å². The van der Waals surface area contributed by atoms with Crippen molar-refractivity contribution in [3.05, 3.63) is 41.5 Å². The molecule has 1 unspecified atom stereocenters. The van der Waals surface area contributed by atoms with Gasteiger partial charge in [-0.2, -0.15) is 0 Å². The minimum Gasteiger partial charge on any atom is -0.356 e. The Morgan fingerprint density at radius 3 is 3.00 bits per heavy atom. The highest BCUT2D eigenvalue weighted by Crippen LogP contribution is 2.22. The molecular formula is C15H18BrNO. The van der Waals surface area contributed by atoms with Crippen molar-refractivity contribution in [2.45, 2.75) is 19.3 Å². The number of carbonyl (C=O) groups is 1. The predicted octanol–water partition coefficient (Wildman–Crippen LogP) is 3.16. The summed E-state index contributed by atoms with van der Waals surface area (Å²) in [6.07, 6.45) is 7.02. The molecule has 0 bridgehead atoms. The minimum atomic E-state index is -0.0103. The summed E-state index contributed by atoms with van der Waals surface area (Å²) in [5.41, 5.74) is 2.50. The zero-order valence-electron chi connectivity index (χ0n) is 10.4. The summed E-state index contributed by atoms with van der Waals surface area (Å²) in [5, 5.41) is 4.01. The summed E-state index contributed by atoms with van der Waals surface area (Å²) in [5.74, 6) is 0.138. The lowest BCUT2D eigenvalue weighted by molar-refractivity contribution is -0.123. The average molecular weight is 308 g/mol. The van der Waals surface area contributed by atoms with Gasteiger partial charge >= 0.3 is 0 Å². The lowest BCUT2D eigenvalue weighted by Gasteiger charge is -2.18. The van der Waals surface area contributed by atoms with E-state index in [1.807, 2.05) is 18.2 Å². The molecule has 0 heterocycles. The SMILES string of the molecule is O=C(NCCCCBr)C1C=Cc2ccccc2C1. The molecule has 0 fully saturated rings. The maximum absolute atomic E-state index is 12.0. The zero-order valence-corrected chi connectivity index (χ0v) is 11.9. The number of hydrogen-bond acceptors (Lipinski definition) is 1. The van der Waals surface area contributed by atoms with Gasteiger partial charge in [0.15, 0.2) is 0 Å². The van der Waals surface area contributed by atoms with E-state index < -0.39 is 0 Å². The number of nitrogens with one attached hydrogen (secondary N) is 1. The van der Waals surface area contributed by atoms with Gasteiger partial charge in [-0.25, -0.2) is 0 Å². The number of benzene rings is 1. The van der Waals surface area contributed by atoms with Crippen LogP contribution in [0, 0.1) is 5.92 Å². The highest BCUT2D eigenvalue weighted by molar-refractivity contribution is 9.09. The quantitative estimate of drug-likeness (QED) is 0.657. The molecule has 3 heteroatoms. The first-order valence-corrected chi connectivity index (χ1v) is 7.53. The molecule has 0 saturated carbocycles. The average Bonchev–Trinajstić information content (AvgIpc) is 2.43. The third-order valence-corrected chi connectivity index (χ3v) is 3.76. The third kappa shape index (κ3) is 3.45. The number of hydrogen-bond donors (Lipinski definition) is 1. The Hall–Kier alpha value is -1.09. The first-order chi connectivity index (χ1) is 8.81. The number of alkyl halides is 1. The van der Waals surface area contributed by atoms with Crippen LogP contribution in [0.15, 0.2) is 30.3 Å². The monoisotopic (exact) mass is 307 g/mol. The first-order valence-electron chi connectivity index (χ1n) is 6.41. The fraction of sp³-hybridized carbons (Fsp3) is 0.400. The van der Waals surface area contributed by atoms with E-state index in [-0.39, 0.29) is 11.8 Å². The second-order valence-corrected chi connectivity index (χ2v) is 5.35. The van der Waals surface area contributed by atoms with Crippen molar-refractivity contribution in [1.29, 1.82) is 0 Å². The second kappa shape index (κ2) is 6.74. The molecule has 1 N–H and O–H groups in total. The van der Waals surface area contributed by atoms with Crippen LogP contribution < -0.4 is 5.32 Å². The largest absolute Gasteiger partial charge is 0.356 e. The fourth-order valence-corrected chi connectivity index (χ4v) is 2.55. The Kier molecular flexibility index (Phi) is 5.00. The molecule has 0 radical (unpaired) electrons. The van der Waals surface area contributed by atoms with Crippen molar-refractivity contribution >= 4 is 27.9 Å². The van der Waals surface area contributed by atoms with E-state index in [2.05, 4.69) is 39.5 Å². The van der Waals surface area contributed by atoms with E-state index in [0.29, 0.717) is 0 Å². The van der Waals surface area contributed by atoms with Gasteiger partial charge in [0, 0.05) is 11.9 Å². The van der Waals surface area contributed by atoms with E-state index in [4.69, 9.17) is 0 Å². The van der Waals surface area contributed by atoms with Crippen LogP contribution in [0.1, 0.15) is 24.0 Å². The molecule has 2 nitrogen and oxygen atoms in total. The highest BCUT2D eigenvalue weighted by atomic mass is 79.9. The van der Waals surface area contributed by atoms with Crippen molar-refractivity contribution in [2.75, 3.05) is 11.9 Å². The molecule has 0 aromatic heterocycles. The van der Waals surface area contributed by atoms with Gasteiger partial charge < -0.3 is 5.32 Å². The molecule has 18 heavy (non-hydrogen) atoms. The summed E-state index contributed by atoms with van der Waals surface area (Å²) in [6, 6.07) is 8.26. The number of amides is 1. The van der Waals surface area contributed by atoms with Gasteiger partial charge in [0.2, 0.25) is 5.91 Å². The van der Waals surface area contributed by atoms with Gasteiger partial charge in [0.25, 0.3) is 0 Å². The Morgan fingerprint density at radius 2 is 2.17 bits per heavy atom. The van der Waals surface area contributed by atoms with Crippen LogP contribution in [0.25, 0.3) is 6.08 Å². The molecule has 2 rings (SSSR count). The molecule has 0 spiro atoms. The van der Waals surface area contributed by atoms with E-state index in [9.17, 15) is 4.79 Å². The second-order valence-electron chi connectivity index (χ2n) is 4.56. The van der Waals surface area contributed by atoms with Crippen LogP contribution in [0.3, 0.4) is 0 Å². The van der Waals surface area contributed by atoms with Gasteiger partial charge in [0.1, 0.15) is 0 Å². The van der Waals surface area contributed by atoms with Crippen molar-refractivity contribution in [1.82, 2.24) is 5.32 Å². The molecule has 1 aromatic carbocycles. The molecule has 0 aliphatic heterocycles. The van der Waals surface area contributed by atoms with Crippen molar-refractivity contribution in [3.63, 3.8) is 0 Å². The summed E-state index contributed by atoms with van der Waals surface area (Å²) in [7, 11) is 0. The maximum atomic E-state index is 12.0. The Balaban J connectivity index is 1.87. The Labute approximate surface area is 117 Å². The van der Waals surface area contributed by atoms with Crippen LogP contribution in [0.5, 0.6) is 0 Å². The van der Waals surface area contributed by atoms with Gasteiger partial charge in [-0.3, -0.25) is 4.79 Å². The lowest BCUT2D eigenvalue weighted by atomic mass is 9.89. The molecule has 1 aliphatic carbocycles. The van der Waals surface area contributed by atoms with E-state index in [1.165, 1.54) is 11.1 Å². The molecule has 1 aromatic rings. The Morgan fingerprint density at radius 1 is 1.33 bits per heavy atom. The maximum Gasteiger partial charge on any atom is 0.227 e. The van der Waals surface area contributed by atoms with Crippen LogP contribution in [-0.2, 0) is 11.2 Å². The predicted molar refractivity (Wildman–Crippen MR) is 78.7 cm³/mol. The molecular weight excluding hydrogens is 290 g/mol. The fourth-order valence-electron chi connectivity index (χ4n) is 2.15. The number of halogens is 1. The number of fused-ring (bicyclic) bond motifs is 1. The molecule has 1 atom stereocenters. The number of carbonyl (C=O) groups excluding carboxylic acids is 1. The first kappa shape index (κ1) is 13.3. The number of rotatable bonds is 5. The van der Waals surface area contributed by atoms with Gasteiger partial charge in [0.05, 0.1) is 5.92 Å². The normalized spacial score (nSPS) is 17.3. The standard InChI is InChI=1S/C15H18BrNO/c16-9-3-4-10-17-15(18)14-8-7-12-5-1-2-6-13(12)11-14/h1-2,5-8,14H,3-4,9-11H2,(H,17,18). The van der Waals surface area contributed by atoms with E-state index >= 15 is 0 Å². The Bertz CT molecular complexity index is 442. The van der Waals surface area contributed by atoms with E-state index in [1.54, 1.807) is 0 Å². The minimum absolute atomic E-state index is 0.0103.